The Morgan fingerprint density at radius 2 is 1.84 bits per heavy atom. The first-order valence-electron chi connectivity index (χ1n) is 13.5. The summed E-state index contributed by atoms with van der Waals surface area (Å²) in [6.07, 6.45) is 3.41. The van der Waals surface area contributed by atoms with Crippen LogP contribution in [0.15, 0.2) is 42.7 Å². The maximum absolute atomic E-state index is 14.0. The van der Waals surface area contributed by atoms with Crippen LogP contribution in [-0.4, -0.2) is 42.4 Å². The Bertz CT molecular complexity index is 1210. The monoisotopic (exact) mass is 523 g/mol. The van der Waals surface area contributed by atoms with Crippen LogP contribution in [0.3, 0.4) is 0 Å². The third kappa shape index (κ3) is 6.70. The Morgan fingerprint density at radius 1 is 1.11 bits per heavy atom. The first-order chi connectivity index (χ1) is 17.5. The molecule has 1 atom stereocenters. The van der Waals surface area contributed by atoms with Crippen molar-refractivity contribution in [2.24, 2.45) is 0 Å². The summed E-state index contributed by atoms with van der Waals surface area (Å²) in [6, 6.07) is 12.6. The van der Waals surface area contributed by atoms with Gasteiger partial charge in [-0.15, -0.1) is 0 Å². The van der Waals surface area contributed by atoms with Gasteiger partial charge in [-0.3, -0.25) is 0 Å². The van der Waals surface area contributed by atoms with E-state index in [0.29, 0.717) is 18.2 Å². The second kappa shape index (κ2) is 11.5. The minimum Gasteiger partial charge on any atom is -0.389 e. The number of benzene rings is 2. The Morgan fingerprint density at radius 3 is 2.49 bits per heavy atom. The van der Waals surface area contributed by atoms with Crippen molar-refractivity contribution in [1.29, 1.82) is 0 Å². The fraction of sp³-hybridized carbons (Fsp3) is 0.500. The summed E-state index contributed by atoms with van der Waals surface area (Å²) in [4.78, 5) is 7.03. The van der Waals surface area contributed by atoms with Crippen LogP contribution in [0.4, 0.5) is 10.1 Å². The zero-order chi connectivity index (χ0) is 26.7. The van der Waals surface area contributed by atoms with Crippen LogP contribution in [0, 0.1) is 19.7 Å². The molecule has 0 radical (unpaired) electrons. The van der Waals surface area contributed by atoms with Gasteiger partial charge in [0.05, 0.1) is 18.1 Å². The predicted molar refractivity (Wildman–Crippen MR) is 152 cm³/mol. The summed E-state index contributed by atoms with van der Waals surface area (Å²) in [5.74, 6) is 0.235. The van der Waals surface area contributed by atoms with Crippen LogP contribution in [0.25, 0.3) is 11.1 Å². The maximum Gasteiger partial charge on any atom is 0.126 e. The zero-order valence-corrected chi connectivity index (χ0v) is 24.2. The van der Waals surface area contributed by atoms with Gasteiger partial charge in [-0.25, -0.2) is 9.37 Å². The summed E-state index contributed by atoms with van der Waals surface area (Å²) in [5.41, 5.74) is 7.08. The van der Waals surface area contributed by atoms with Gasteiger partial charge in [0, 0.05) is 50.6 Å². The molecule has 1 N–H and O–H groups in total. The van der Waals surface area contributed by atoms with E-state index in [0.717, 1.165) is 66.7 Å². The lowest BCUT2D eigenvalue weighted by molar-refractivity contribution is 0.0841. The van der Waals surface area contributed by atoms with E-state index in [1.807, 2.05) is 24.5 Å². The molecule has 0 spiro atoms. The zero-order valence-electron chi connectivity index (χ0n) is 23.2. The molecule has 200 valence electrons. The molecule has 3 aromatic rings. The van der Waals surface area contributed by atoms with Crippen LogP contribution in [0.2, 0.25) is 25.7 Å². The molecular formula is C30H42FN3O2Si. The quantitative estimate of drug-likeness (QED) is 0.241. The average Bonchev–Trinajstić information content (AvgIpc) is 3.22. The van der Waals surface area contributed by atoms with Crippen molar-refractivity contribution in [3.8, 4) is 11.1 Å². The number of halogens is 1. The number of ether oxygens (including phenoxy) is 1. The molecule has 4 rings (SSSR count). The SMILES string of the molecule is Cc1cc(-c2ccc(C(C)O)cc2N2CCC(c3c(C)ncn3COCC[Si](C)(C)C)CC2)ccc1F. The second-order valence-corrected chi connectivity index (χ2v) is 17.3. The van der Waals surface area contributed by atoms with Gasteiger partial charge in [0.1, 0.15) is 12.5 Å². The smallest absolute Gasteiger partial charge is 0.126 e. The summed E-state index contributed by atoms with van der Waals surface area (Å²) in [5, 5.41) is 10.3. The molecule has 1 aliphatic heterocycles. The standard InChI is InChI=1S/C30H42FN3O2Si/c1-21-17-26(8-10-28(21)31)27-9-7-25(23(3)35)18-29(27)33-13-11-24(12-14-33)30-22(2)32-19-34(30)20-36-15-16-37(4,5)6/h7-10,17-19,23-24,35H,11-16,20H2,1-6H3. The number of rotatable bonds is 9. The topological polar surface area (TPSA) is 50.5 Å². The minimum atomic E-state index is -1.11. The van der Waals surface area contributed by atoms with Crippen molar-refractivity contribution in [3.05, 3.63) is 71.1 Å². The number of aliphatic hydroxyl groups is 1. The molecule has 1 saturated heterocycles. The molecular weight excluding hydrogens is 481 g/mol. The van der Waals surface area contributed by atoms with Gasteiger partial charge >= 0.3 is 0 Å². The molecule has 2 heterocycles. The lowest BCUT2D eigenvalue weighted by atomic mass is 9.90. The predicted octanol–water partition coefficient (Wildman–Crippen LogP) is 7.06. The van der Waals surface area contributed by atoms with E-state index < -0.39 is 14.2 Å². The molecule has 0 aliphatic carbocycles. The molecule has 1 fully saturated rings. The molecule has 37 heavy (non-hydrogen) atoms. The average molecular weight is 524 g/mol. The molecule has 7 heteroatoms. The summed E-state index contributed by atoms with van der Waals surface area (Å²) >= 11 is 0. The number of aromatic nitrogens is 2. The first-order valence-corrected chi connectivity index (χ1v) is 17.2. The fourth-order valence-electron chi connectivity index (χ4n) is 5.19. The molecule has 1 unspecified atom stereocenters. The van der Waals surface area contributed by atoms with Gasteiger partial charge in [0.15, 0.2) is 0 Å². The highest BCUT2D eigenvalue weighted by atomic mass is 28.3. The molecule has 0 amide bonds. The van der Waals surface area contributed by atoms with Gasteiger partial charge in [0.25, 0.3) is 0 Å². The fourth-order valence-corrected chi connectivity index (χ4v) is 5.94. The summed E-state index contributed by atoms with van der Waals surface area (Å²) < 4.78 is 22.2. The van der Waals surface area contributed by atoms with Crippen molar-refractivity contribution >= 4 is 13.8 Å². The van der Waals surface area contributed by atoms with Crippen molar-refractivity contribution in [2.45, 2.75) is 78.1 Å². The van der Waals surface area contributed by atoms with Crippen molar-refractivity contribution in [2.75, 3.05) is 24.6 Å². The first kappa shape index (κ1) is 27.5. The van der Waals surface area contributed by atoms with Gasteiger partial charge in [0.2, 0.25) is 0 Å². The van der Waals surface area contributed by atoms with E-state index >= 15 is 0 Å². The number of nitrogens with zero attached hydrogens (tertiary/aromatic N) is 3. The van der Waals surface area contributed by atoms with E-state index in [-0.39, 0.29) is 5.82 Å². The molecule has 1 aliphatic rings. The van der Waals surface area contributed by atoms with Crippen LogP contribution in [0.5, 0.6) is 0 Å². The Hall–Kier alpha value is -2.48. The van der Waals surface area contributed by atoms with E-state index in [1.165, 1.54) is 5.69 Å². The molecule has 1 aromatic heterocycles. The minimum absolute atomic E-state index is 0.192. The van der Waals surface area contributed by atoms with Gasteiger partial charge in [-0.2, -0.15) is 0 Å². The Balaban J connectivity index is 1.51. The third-order valence-corrected chi connectivity index (χ3v) is 9.20. The lowest BCUT2D eigenvalue weighted by Crippen LogP contribution is -2.34. The van der Waals surface area contributed by atoms with E-state index in [1.54, 1.807) is 19.9 Å². The number of hydrogen-bond donors (Lipinski definition) is 1. The van der Waals surface area contributed by atoms with Gasteiger partial charge in [-0.1, -0.05) is 37.8 Å². The lowest BCUT2D eigenvalue weighted by Gasteiger charge is -2.36. The highest BCUT2D eigenvalue weighted by molar-refractivity contribution is 6.76. The van der Waals surface area contributed by atoms with E-state index in [4.69, 9.17) is 4.74 Å². The highest BCUT2D eigenvalue weighted by Gasteiger charge is 2.27. The molecule has 0 saturated carbocycles. The largest absolute Gasteiger partial charge is 0.389 e. The van der Waals surface area contributed by atoms with E-state index in [9.17, 15) is 9.50 Å². The highest BCUT2D eigenvalue weighted by Crippen LogP contribution is 2.38. The maximum atomic E-state index is 14.0. The van der Waals surface area contributed by atoms with Crippen molar-refractivity contribution < 1.29 is 14.2 Å². The van der Waals surface area contributed by atoms with Gasteiger partial charge < -0.3 is 19.3 Å². The van der Waals surface area contributed by atoms with Crippen LogP contribution in [-0.2, 0) is 11.5 Å². The number of hydrogen-bond acceptors (Lipinski definition) is 4. The molecule has 0 bridgehead atoms. The number of aryl methyl sites for hydroxylation is 2. The van der Waals surface area contributed by atoms with Crippen LogP contribution >= 0.6 is 0 Å². The molecule has 2 aromatic carbocycles. The number of anilines is 1. The normalized spacial score (nSPS) is 15.8. The van der Waals surface area contributed by atoms with Crippen LogP contribution in [0.1, 0.15) is 54.3 Å². The Labute approximate surface area is 222 Å². The number of aliphatic hydroxyl groups excluding tert-OH is 1. The number of piperidine rings is 1. The van der Waals surface area contributed by atoms with Crippen LogP contribution < -0.4 is 4.90 Å². The van der Waals surface area contributed by atoms with Crippen molar-refractivity contribution in [3.63, 3.8) is 0 Å². The van der Waals surface area contributed by atoms with E-state index in [2.05, 4.69) is 53.1 Å². The summed E-state index contributed by atoms with van der Waals surface area (Å²) in [7, 11) is -1.11. The van der Waals surface area contributed by atoms with Crippen molar-refractivity contribution in [1.82, 2.24) is 9.55 Å². The summed E-state index contributed by atoms with van der Waals surface area (Å²) in [6.45, 7) is 16.0. The second-order valence-electron chi connectivity index (χ2n) is 11.7. The molecule has 5 nitrogen and oxygen atoms in total. The number of imidazole rings is 1. The van der Waals surface area contributed by atoms with Gasteiger partial charge in [-0.05, 0) is 74.5 Å². The third-order valence-electron chi connectivity index (χ3n) is 7.49. The Kier molecular flexibility index (Phi) is 8.56.